The van der Waals surface area contributed by atoms with Crippen LogP contribution in [0.4, 0.5) is 13.2 Å². The number of nitrogens with one attached hydrogen (secondary N) is 3. The Balaban J connectivity index is 1.56. The van der Waals surface area contributed by atoms with Gasteiger partial charge < -0.3 is 30.5 Å². The number of nitrogens with zero attached hydrogens (tertiary/aromatic N) is 2. The van der Waals surface area contributed by atoms with Gasteiger partial charge in [-0.15, -0.1) is 6.58 Å². The lowest BCUT2D eigenvalue weighted by Crippen LogP contribution is -2.57. The SMILES string of the molecule is C=CCNC(=O)C(=O)C(CCC(F)(F)F)NC(=O)[C@@H]1[C@@H]2[C@H](CN1C(=O)[C@@H](CC(=O)N[C@H](Cn1cc3ccccc3c1O)C(C)(C)C)C(C)(C)C)C2(C)C. The molecule has 14 heteroatoms. The van der Waals surface area contributed by atoms with E-state index in [-0.39, 0.29) is 49.2 Å². The molecule has 1 saturated carbocycles. The average Bonchev–Trinajstić information content (AvgIpc) is 3.33. The summed E-state index contributed by atoms with van der Waals surface area (Å²) in [5, 5.41) is 20.2. The van der Waals surface area contributed by atoms with Gasteiger partial charge in [0.25, 0.3) is 5.91 Å². The van der Waals surface area contributed by atoms with Crippen molar-refractivity contribution in [2.45, 2.75) is 105 Å². The molecule has 2 aliphatic rings. The lowest BCUT2D eigenvalue weighted by molar-refractivity contribution is -0.150. The summed E-state index contributed by atoms with van der Waals surface area (Å²) in [6.45, 7) is 19.0. The molecule has 6 atom stereocenters. The largest absolute Gasteiger partial charge is 0.494 e. The number of carbonyl (C=O) groups excluding carboxylic acids is 5. The highest BCUT2D eigenvalue weighted by molar-refractivity contribution is 6.38. The standard InChI is InChI=1S/C39H54F3N5O6/c1-10-17-43-33(51)31(49)26(15-16-39(40,41)42)44-32(50)30-29-25(38(29,8)9)20-47(30)35(53)24(36(2,3)4)18-28(48)45-27(37(5,6)7)21-46-19-22-13-11-12-14-23(22)34(46)52/h10-14,19,24-27,29-30,52H,1,15-18,20-21H2,2-9H3,(H,43,51)(H,44,50)(H,45,48)/t24-,25+,26?,27-,29+,30+/m1/s1. The van der Waals surface area contributed by atoms with Crippen molar-refractivity contribution in [3.05, 3.63) is 43.1 Å². The van der Waals surface area contributed by atoms with E-state index in [2.05, 4.69) is 22.5 Å². The Hall–Kier alpha value is -4.36. The van der Waals surface area contributed by atoms with Crippen molar-refractivity contribution in [2.75, 3.05) is 13.1 Å². The molecule has 0 spiro atoms. The van der Waals surface area contributed by atoms with E-state index in [0.29, 0.717) is 5.39 Å². The molecule has 1 aliphatic carbocycles. The number of aromatic hydroxyl groups is 1. The van der Waals surface area contributed by atoms with Gasteiger partial charge in [0, 0.05) is 49.4 Å². The Morgan fingerprint density at radius 1 is 1.02 bits per heavy atom. The number of Topliss-reactive ketones (excluding diaryl/α,β-unsaturated/α-hetero) is 1. The summed E-state index contributed by atoms with van der Waals surface area (Å²) in [5.74, 6) is -5.32. The molecule has 4 rings (SSSR count). The fraction of sp³-hybridized carbons (Fsp3) is 0.615. The fourth-order valence-electron chi connectivity index (χ4n) is 7.53. The number of benzene rings is 1. The topological polar surface area (TPSA) is 150 Å². The summed E-state index contributed by atoms with van der Waals surface area (Å²) >= 11 is 0. The van der Waals surface area contributed by atoms with Gasteiger partial charge in [0.2, 0.25) is 23.5 Å². The van der Waals surface area contributed by atoms with Crippen molar-refractivity contribution in [1.29, 1.82) is 0 Å². The normalized spacial score (nSPS) is 21.3. The summed E-state index contributed by atoms with van der Waals surface area (Å²) < 4.78 is 41.4. The van der Waals surface area contributed by atoms with E-state index in [1.54, 1.807) is 4.57 Å². The van der Waals surface area contributed by atoms with Crippen LogP contribution in [0.25, 0.3) is 10.8 Å². The van der Waals surface area contributed by atoms with Crippen LogP contribution in [0.5, 0.6) is 5.88 Å². The predicted octanol–water partition coefficient (Wildman–Crippen LogP) is 5.11. The van der Waals surface area contributed by atoms with E-state index in [1.807, 2.05) is 85.9 Å². The van der Waals surface area contributed by atoms with E-state index in [4.69, 9.17) is 0 Å². The molecule has 1 unspecified atom stereocenters. The second-order valence-electron chi connectivity index (χ2n) is 17.3. The number of ketones is 1. The van der Waals surface area contributed by atoms with Gasteiger partial charge in [-0.1, -0.05) is 79.7 Å². The van der Waals surface area contributed by atoms with Gasteiger partial charge in [-0.3, -0.25) is 24.0 Å². The van der Waals surface area contributed by atoms with Crippen molar-refractivity contribution in [3.8, 4) is 5.88 Å². The maximum absolute atomic E-state index is 14.5. The van der Waals surface area contributed by atoms with Crippen LogP contribution in [0.3, 0.4) is 0 Å². The van der Waals surface area contributed by atoms with Crippen LogP contribution in [0.1, 0.15) is 74.7 Å². The van der Waals surface area contributed by atoms with Gasteiger partial charge >= 0.3 is 6.18 Å². The number of fused-ring (bicyclic) bond motifs is 2. The van der Waals surface area contributed by atoms with E-state index < -0.39 is 83.3 Å². The van der Waals surface area contributed by atoms with Gasteiger partial charge in [0.1, 0.15) is 6.04 Å². The molecule has 4 amide bonds. The number of hydrogen-bond donors (Lipinski definition) is 4. The Bertz CT molecular complexity index is 1740. The van der Waals surface area contributed by atoms with Gasteiger partial charge in [-0.25, -0.2) is 0 Å². The zero-order valence-electron chi connectivity index (χ0n) is 31.9. The Morgan fingerprint density at radius 2 is 1.66 bits per heavy atom. The van der Waals surface area contributed by atoms with Crippen molar-refractivity contribution < 1.29 is 42.3 Å². The molecule has 1 aromatic carbocycles. The van der Waals surface area contributed by atoms with Crippen LogP contribution < -0.4 is 16.0 Å². The first kappa shape index (κ1) is 41.4. The molecule has 0 radical (unpaired) electrons. The van der Waals surface area contributed by atoms with Gasteiger partial charge in [0.05, 0.1) is 18.0 Å². The Kier molecular flexibility index (Phi) is 11.9. The molecule has 2 fully saturated rings. The van der Waals surface area contributed by atoms with Crippen LogP contribution >= 0.6 is 0 Å². The first-order chi connectivity index (χ1) is 24.4. The van der Waals surface area contributed by atoms with E-state index in [1.165, 1.54) is 11.0 Å². The summed E-state index contributed by atoms with van der Waals surface area (Å²) in [6, 6.07) is 4.04. The lowest BCUT2D eigenvalue weighted by Gasteiger charge is -2.38. The number of hydrogen-bond acceptors (Lipinski definition) is 6. The third-order valence-electron chi connectivity index (χ3n) is 11.0. The molecule has 11 nitrogen and oxygen atoms in total. The van der Waals surface area contributed by atoms with E-state index in [9.17, 15) is 42.3 Å². The number of alkyl halides is 3. The van der Waals surface area contributed by atoms with Gasteiger partial charge in [0.15, 0.2) is 5.88 Å². The number of amides is 4. The highest BCUT2D eigenvalue weighted by atomic mass is 19.4. The van der Waals surface area contributed by atoms with Crippen LogP contribution in [-0.2, 0) is 30.5 Å². The van der Waals surface area contributed by atoms with Crippen LogP contribution in [-0.4, -0.2) is 81.4 Å². The molecule has 1 saturated heterocycles. The average molecular weight is 746 g/mol. The molecule has 292 valence electrons. The minimum Gasteiger partial charge on any atom is -0.494 e. The third kappa shape index (κ3) is 9.42. The highest BCUT2D eigenvalue weighted by Gasteiger charge is 2.70. The Labute approximate surface area is 309 Å². The maximum Gasteiger partial charge on any atom is 0.389 e. The van der Waals surface area contributed by atoms with Gasteiger partial charge in [-0.05, 0) is 40.6 Å². The van der Waals surface area contributed by atoms with Crippen LogP contribution in [0.2, 0.25) is 0 Å². The minimum absolute atomic E-state index is 0.0754. The second-order valence-corrected chi connectivity index (χ2v) is 17.3. The first-order valence-electron chi connectivity index (χ1n) is 18.0. The number of halogens is 3. The molecule has 0 bridgehead atoms. The molecule has 1 aromatic heterocycles. The van der Waals surface area contributed by atoms with Crippen molar-refractivity contribution in [2.24, 2.45) is 34.0 Å². The number of aromatic nitrogens is 1. The summed E-state index contributed by atoms with van der Waals surface area (Å²) in [5.41, 5.74) is -1.57. The van der Waals surface area contributed by atoms with Crippen LogP contribution in [0, 0.1) is 34.0 Å². The van der Waals surface area contributed by atoms with Crippen molar-refractivity contribution in [3.63, 3.8) is 0 Å². The van der Waals surface area contributed by atoms with E-state index in [0.717, 1.165) is 5.39 Å². The van der Waals surface area contributed by atoms with Crippen molar-refractivity contribution in [1.82, 2.24) is 25.4 Å². The fourth-order valence-corrected chi connectivity index (χ4v) is 7.53. The first-order valence-corrected chi connectivity index (χ1v) is 18.0. The summed E-state index contributed by atoms with van der Waals surface area (Å²) in [6.07, 6.45) is -4.02. The molecule has 53 heavy (non-hydrogen) atoms. The molecule has 1 aliphatic heterocycles. The van der Waals surface area contributed by atoms with Crippen LogP contribution in [0.15, 0.2) is 43.1 Å². The Morgan fingerprint density at radius 3 is 2.23 bits per heavy atom. The highest BCUT2D eigenvalue weighted by Crippen LogP contribution is 2.65. The lowest BCUT2D eigenvalue weighted by atomic mass is 9.77. The zero-order chi connectivity index (χ0) is 39.8. The third-order valence-corrected chi connectivity index (χ3v) is 11.0. The molecule has 2 aromatic rings. The van der Waals surface area contributed by atoms with Gasteiger partial charge in [-0.2, -0.15) is 13.2 Å². The molecule has 2 heterocycles. The quantitative estimate of drug-likeness (QED) is 0.156. The zero-order valence-corrected chi connectivity index (χ0v) is 31.9. The number of rotatable bonds is 14. The monoisotopic (exact) mass is 745 g/mol. The minimum atomic E-state index is -4.65. The number of likely N-dealkylation sites (tertiary alicyclic amines) is 1. The van der Waals surface area contributed by atoms with E-state index >= 15 is 0 Å². The molecular weight excluding hydrogens is 691 g/mol. The number of piperidine rings is 1. The smallest absolute Gasteiger partial charge is 0.389 e. The maximum atomic E-state index is 14.5. The summed E-state index contributed by atoms with van der Waals surface area (Å²) in [7, 11) is 0. The predicted molar refractivity (Wildman–Crippen MR) is 194 cm³/mol. The number of carbonyl (C=O) groups is 5. The molecule has 4 N–H and O–H groups in total. The summed E-state index contributed by atoms with van der Waals surface area (Å²) in [4.78, 5) is 69.1. The second kappa shape index (κ2) is 15.2. The van der Waals surface area contributed by atoms with Crippen molar-refractivity contribution >= 4 is 40.2 Å². The molecular formula is C39H54F3N5O6.